The van der Waals surface area contributed by atoms with Crippen molar-refractivity contribution in [3.63, 3.8) is 0 Å². The topological polar surface area (TPSA) is 99.6 Å². The standard InChI is InChI=1S/C26H32FN5O3S/c1-15-22-24(31-20-8-3-16(27)13-21(20)35-19-6-4-18(33)5-7-19)28-14-29-26(22)36-23(15)25(34)30-17-9-11-32(2)12-10-17/h3,8,13-14,17-19,33H,4-7,9-12H2,1-2H3,(H,30,34)(H,28,29,31). The molecule has 1 saturated heterocycles. The molecule has 192 valence electrons. The quantitative estimate of drug-likeness (QED) is 0.450. The van der Waals surface area contributed by atoms with Crippen molar-refractivity contribution in [2.45, 2.75) is 63.7 Å². The summed E-state index contributed by atoms with van der Waals surface area (Å²) in [4.78, 5) is 25.6. The van der Waals surface area contributed by atoms with Crippen molar-refractivity contribution >= 4 is 39.0 Å². The molecule has 1 amide bonds. The second-order valence-electron chi connectivity index (χ2n) is 9.82. The van der Waals surface area contributed by atoms with Crippen molar-refractivity contribution in [3.8, 4) is 5.75 Å². The molecule has 36 heavy (non-hydrogen) atoms. The van der Waals surface area contributed by atoms with Gasteiger partial charge in [-0.1, -0.05) is 0 Å². The number of anilines is 2. The Morgan fingerprint density at radius 2 is 1.92 bits per heavy atom. The van der Waals surface area contributed by atoms with Crippen molar-refractivity contribution in [2.75, 3.05) is 25.5 Å². The molecule has 0 atom stereocenters. The van der Waals surface area contributed by atoms with Crippen LogP contribution in [0.15, 0.2) is 24.5 Å². The summed E-state index contributed by atoms with van der Waals surface area (Å²) in [5, 5.41) is 17.0. The summed E-state index contributed by atoms with van der Waals surface area (Å²) in [5.74, 6) is 0.471. The Morgan fingerprint density at radius 3 is 2.67 bits per heavy atom. The number of carbonyl (C=O) groups is 1. The third-order valence-electron chi connectivity index (χ3n) is 7.12. The minimum absolute atomic E-state index is 0.0821. The molecule has 1 aliphatic carbocycles. The minimum Gasteiger partial charge on any atom is -0.488 e. The molecular weight excluding hydrogens is 481 g/mol. The number of fused-ring (bicyclic) bond motifs is 1. The number of halogens is 1. The fraction of sp³-hybridized carbons (Fsp3) is 0.500. The fourth-order valence-corrected chi connectivity index (χ4v) is 6.01. The first-order valence-corrected chi connectivity index (χ1v) is 13.3. The molecule has 5 rings (SSSR count). The van der Waals surface area contributed by atoms with Gasteiger partial charge in [0, 0.05) is 12.1 Å². The van der Waals surface area contributed by atoms with Crippen LogP contribution in [-0.4, -0.2) is 64.3 Å². The number of carbonyl (C=O) groups excluding carboxylic acids is 1. The molecule has 8 nitrogen and oxygen atoms in total. The fourth-order valence-electron chi connectivity index (χ4n) is 4.95. The smallest absolute Gasteiger partial charge is 0.261 e. The van der Waals surface area contributed by atoms with E-state index in [4.69, 9.17) is 4.74 Å². The molecule has 1 aliphatic heterocycles. The average molecular weight is 514 g/mol. The number of likely N-dealkylation sites (tertiary alicyclic amines) is 1. The molecule has 3 heterocycles. The number of hydrogen-bond acceptors (Lipinski definition) is 8. The van der Waals surface area contributed by atoms with E-state index in [-0.39, 0.29) is 30.0 Å². The van der Waals surface area contributed by atoms with Crippen LogP contribution in [0.1, 0.15) is 53.8 Å². The molecule has 2 aromatic heterocycles. The van der Waals surface area contributed by atoms with Crippen LogP contribution in [0.3, 0.4) is 0 Å². The molecule has 3 N–H and O–H groups in total. The molecular formula is C26H32FN5O3S. The van der Waals surface area contributed by atoms with Crippen LogP contribution in [0, 0.1) is 12.7 Å². The molecule has 3 aromatic rings. The van der Waals surface area contributed by atoms with Gasteiger partial charge in [0.25, 0.3) is 5.91 Å². The van der Waals surface area contributed by atoms with Gasteiger partial charge < -0.3 is 25.4 Å². The number of rotatable bonds is 6. The first kappa shape index (κ1) is 24.9. The van der Waals surface area contributed by atoms with Crippen LogP contribution in [0.4, 0.5) is 15.9 Å². The zero-order chi connectivity index (χ0) is 25.2. The SMILES string of the molecule is Cc1c(C(=O)NC2CCN(C)CC2)sc2ncnc(Nc3ccc(F)cc3OC3CCC(O)CC3)c12. The van der Waals surface area contributed by atoms with E-state index in [2.05, 4.69) is 32.5 Å². The van der Waals surface area contributed by atoms with Gasteiger partial charge >= 0.3 is 0 Å². The van der Waals surface area contributed by atoms with E-state index in [1.807, 2.05) is 6.92 Å². The largest absolute Gasteiger partial charge is 0.488 e. The van der Waals surface area contributed by atoms with Crippen LogP contribution in [0.5, 0.6) is 5.75 Å². The minimum atomic E-state index is -0.390. The first-order chi connectivity index (χ1) is 17.4. The summed E-state index contributed by atoms with van der Waals surface area (Å²) in [5.41, 5.74) is 1.40. The van der Waals surface area contributed by atoms with E-state index in [1.54, 1.807) is 6.07 Å². The highest BCUT2D eigenvalue weighted by atomic mass is 32.1. The first-order valence-electron chi connectivity index (χ1n) is 12.5. The van der Waals surface area contributed by atoms with Gasteiger partial charge in [0.2, 0.25) is 0 Å². The highest BCUT2D eigenvalue weighted by Crippen LogP contribution is 2.37. The summed E-state index contributed by atoms with van der Waals surface area (Å²) < 4.78 is 20.3. The summed E-state index contributed by atoms with van der Waals surface area (Å²) >= 11 is 1.35. The number of piperidine rings is 1. The number of benzene rings is 1. The number of aryl methyl sites for hydroxylation is 1. The van der Waals surface area contributed by atoms with E-state index in [0.29, 0.717) is 52.6 Å². The van der Waals surface area contributed by atoms with Gasteiger partial charge in [0.05, 0.1) is 28.2 Å². The van der Waals surface area contributed by atoms with Crippen molar-refractivity contribution in [2.24, 2.45) is 0 Å². The maximum atomic E-state index is 14.1. The maximum absolute atomic E-state index is 14.1. The molecule has 0 spiro atoms. The summed E-state index contributed by atoms with van der Waals surface area (Å²) in [6.45, 7) is 3.85. The van der Waals surface area contributed by atoms with Crippen LogP contribution in [0.25, 0.3) is 10.2 Å². The number of aromatic nitrogens is 2. The Balaban J connectivity index is 1.38. The van der Waals surface area contributed by atoms with Gasteiger partial charge in [-0.05, 0) is 83.3 Å². The van der Waals surface area contributed by atoms with Crippen molar-refractivity contribution in [3.05, 3.63) is 40.8 Å². The predicted molar refractivity (Wildman–Crippen MR) is 139 cm³/mol. The van der Waals surface area contributed by atoms with Gasteiger partial charge in [0.1, 0.15) is 28.5 Å². The van der Waals surface area contributed by atoms with E-state index in [9.17, 15) is 14.3 Å². The predicted octanol–water partition coefficient (Wildman–Crippen LogP) is 4.39. The monoisotopic (exact) mass is 513 g/mol. The average Bonchev–Trinajstić information content (AvgIpc) is 3.21. The lowest BCUT2D eigenvalue weighted by Crippen LogP contribution is -2.43. The van der Waals surface area contributed by atoms with E-state index >= 15 is 0 Å². The molecule has 1 aromatic carbocycles. The summed E-state index contributed by atoms with van der Waals surface area (Å²) in [6.07, 6.45) is 5.74. The number of aliphatic hydroxyl groups is 1. The third-order valence-corrected chi connectivity index (χ3v) is 8.32. The third kappa shape index (κ3) is 5.45. The molecule has 2 aliphatic rings. The van der Waals surface area contributed by atoms with Crippen LogP contribution < -0.4 is 15.4 Å². The summed E-state index contributed by atoms with van der Waals surface area (Å²) in [6, 6.07) is 4.54. The number of aliphatic hydroxyl groups excluding tert-OH is 1. The molecule has 0 radical (unpaired) electrons. The van der Waals surface area contributed by atoms with Crippen molar-refractivity contribution in [1.82, 2.24) is 20.2 Å². The van der Waals surface area contributed by atoms with Crippen LogP contribution in [-0.2, 0) is 0 Å². The molecule has 1 saturated carbocycles. The van der Waals surface area contributed by atoms with Gasteiger partial charge in [-0.2, -0.15) is 0 Å². The second-order valence-corrected chi connectivity index (χ2v) is 10.8. The number of hydrogen-bond donors (Lipinski definition) is 3. The number of amides is 1. The Kier molecular flexibility index (Phi) is 7.36. The molecule has 0 unspecified atom stereocenters. The van der Waals surface area contributed by atoms with E-state index in [0.717, 1.165) is 36.9 Å². The Bertz CT molecular complexity index is 1240. The summed E-state index contributed by atoms with van der Waals surface area (Å²) in [7, 11) is 2.10. The van der Waals surface area contributed by atoms with Crippen molar-refractivity contribution in [1.29, 1.82) is 0 Å². The second kappa shape index (κ2) is 10.7. The zero-order valence-corrected chi connectivity index (χ0v) is 21.4. The lowest BCUT2D eigenvalue weighted by Gasteiger charge is -2.29. The maximum Gasteiger partial charge on any atom is 0.261 e. The van der Waals surface area contributed by atoms with Gasteiger partial charge in [-0.25, -0.2) is 14.4 Å². The molecule has 2 fully saturated rings. The Hall–Kier alpha value is -2.82. The zero-order valence-electron chi connectivity index (χ0n) is 20.6. The highest BCUT2D eigenvalue weighted by molar-refractivity contribution is 7.20. The van der Waals surface area contributed by atoms with Gasteiger partial charge in [-0.15, -0.1) is 11.3 Å². The van der Waals surface area contributed by atoms with Gasteiger partial charge in [0.15, 0.2) is 0 Å². The highest BCUT2D eigenvalue weighted by Gasteiger charge is 2.25. The lowest BCUT2D eigenvalue weighted by atomic mass is 9.95. The normalized spacial score (nSPS) is 21.4. The van der Waals surface area contributed by atoms with Gasteiger partial charge in [-0.3, -0.25) is 4.79 Å². The number of nitrogens with zero attached hydrogens (tertiary/aromatic N) is 3. The molecule has 0 bridgehead atoms. The van der Waals surface area contributed by atoms with E-state index in [1.165, 1.54) is 29.8 Å². The lowest BCUT2D eigenvalue weighted by molar-refractivity contribution is 0.0668. The van der Waals surface area contributed by atoms with Crippen LogP contribution in [0.2, 0.25) is 0 Å². The number of thiophene rings is 1. The number of ether oxygens (including phenoxy) is 1. The molecule has 10 heteroatoms. The Morgan fingerprint density at radius 1 is 1.17 bits per heavy atom. The van der Waals surface area contributed by atoms with Crippen LogP contribution >= 0.6 is 11.3 Å². The Labute approximate surface area is 213 Å². The van der Waals surface area contributed by atoms with Crippen molar-refractivity contribution < 1.29 is 19.0 Å². The van der Waals surface area contributed by atoms with E-state index < -0.39 is 0 Å². The number of nitrogens with one attached hydrogen (secondary N) is 2.